The van der Waals surface area contributed by atoms with Crippen LogP contribution in [0.15, 0.2) is 18.5 Å². The quantitative estimate of drug-likeness (QED) is 0.755. The van der Waals surface area contributed by atoms with Crippen molar-refractivity contribution in [1.29, 1.82) is 0 Å². The Morgan fingerprint density at radius 2 is 2.32 bits per heavy atom. The van der Waals surface area contributed by atoms with E-state index in [9.17, 15) is 4.79 Å². The number of aryl methyl sites for hydroxylation is 1. The number of amides is 1. The summed E-state index contributed by atoms with van der Waals surface area (Å²) in [5.41, 5.74) is 6.46. The maximum absolute atomic E-state index is 12.2. The largest absolute Gasteiger partial charge is 0.397 e. The summed E-state index contributed by atoms with van der Waals surface area (Å²) in [6.07, 6.45) is 3.35. The van der Waals surface area contributed by atoms with Crippen molar-refractivity contribution in [2.75, 3.05) is 11.1 Å². The third kappa shape index (κ3) is 2.15. The van der Waals surface area contributed by atoms with E-state index in [0.29, 0.717) is 21.5 Å². The first-order chi connectivity index (χ1) is 9.15. The number of aromatic nitrogens is 3. The summed E-state index contributed by atoms with van der Waals surface area (Å²) >= 11 is 2.46. The molecule has 3 rings (SSSR count). The number of nitrogens with one attached hydrogen (secondary N) is 1. The van der Waals surface area contributed by atoms with Crippen LogP contribution in [-0.4, -0.2) is 20.2 Å². The molecule has 19 heavy (non-hydrogen) atoms. The summed E-state index contributed by atoms with van der Waals surface area (Å²) in [7, 11) is 0. The van der Waals surface area contributed by atoms with Crippen molar-refractivity contribution in [2.24, 2.45) is 0 Å². The number of thiophene rings is 1. The maximum atomic E-state index is 12.2. The average Bonchev–Trinajstić information content (AvgIpc) is 2.94. The molecule has 3 N–H and O–H groups in total. The molecule has 0 aliphatic rings. The summed E-state index contributed by atoms with van der Waals surface area (Å²) < 4.78 is 4.89. The molecule has 3 aromatic heterocycles. The van der Waals surface area contributed by atoms with Crippen LogP contribution in [-0.2, 0) is 0 Å². The molecule has 0 radical (unpaired) electrons. The van der Waals surface area contributed by atoms with Gasteiger partial charge in [0.15, 0.2) is 0 Å². The van der Waals surface area contributed by atoms with Gasteiger partial charge in [-0.3, -0.25) is 15.1 Å². The van der Waals surface area contributed by atoms with Gasteiger partial charge in [0.1, 0.15) is 10.7 Å². The smallest absolute Gasteiger partial charge is 0.269 e. The third-order valence-corrected chi connectivity index (χ3v) is 4.36. The molecule has 0 aromatic carbocycles. The van der Waals surface area contributed by atoms with E-state index in [1.165, 1.54) is 11.3 Å². The van der Waals surface area contributed by atoms with Gasteiger partial charge in [-0.25, -0.2) is 4.98 Å². The topological polar surface area (TPSA) is 93.8 Å². The van der Waals surface area contributed by atoms with Crippen molar-refractivity contribution in [3.63, 3.8) is 0 Å². The van der Waals surface area contributed by atoms with Crippen molar-refractivity contribution in [1.82, 2.24) is 14.3 Å². The van der Waals surface area contributed by atoms with Gasteiger partial charge in [0.2, 0.25) is 5.13 Å². The monoisotopic (exact) mass is 291 g/mol. The zero-order chi connectivity index (χ0) is 13.4. The second-order valence-corrected chi connectivity index (χ2v) is 5.62. The standard InChI is InChI=1S/C11H9N5OS2/c1-5-14-11(19-16-5)15-10(17)9-8(12)6-2-3-13-4-7(6)18-9/h2-4H,12H2,1H3,(H,14,15,16,17). The lowest BCUT2D eigenvalue weighted by Gasteiger charge is -1.99. The van der Waals surface area contributed by atoms with Crippen LogP contribution in [0.1, 0.15) is 15.5 Å². The highest BCUT2D eigenvalue weighted by Crippen LogP contribution is 2.33. The Balaban J connectivity index is 1.95. The number of rotatable bonds is 2. The van der Waals surface area contributed by atoms with Gasteiger partial charge in [-0.2, -0.15) is 4.37 Å². The van der Waals surface area contributed by atoms with E-state index < -0.39 is 0 Å². The molecule has 0 aliphatic heterocycles. The SMILES string of the molecule is Cc1nsc(NC(=O)c2sc3cnccc3c2N)n1. The van der Waals surface area contributed by atoms with Crippen LogP contribution in [0.5, 0.6) is 0 Å². The first-order valence-corrected chi connectivity index (χ1v) is 6.98. The molecule has 0 fully saturated rings. The number of hydrogen-bond donors (Lipinski definition) is 2. The van der Waals surface area contributed by atoms with E-state index in [0.717, 1.165) is 21.6 Å². The van der Waals surface area contributed by atoms with Crippen molar-refractivity contribution >= 4 is 49.7 Å². The molecule has 0 unspecified atom stereocenters. The van der Waals surface area contributed by atoms with E-state index >= 15 is 0 Å². The summed E-state index contributed by atoms with van der Waals surface area (Å²) in [5, 5.41) is 4.01. The van der Waals surface area contributed by atoms with Crippen LogP contribution in [0.25, 0.3) is 10.1 Å². The number of anilines is 2. The van der Waals surface area contributed by atoms with E-state index in [4.69, 9.17) is 5.73 Å². The van der Waals surface area contributed by atoms with Crippen LogP contribution in [0.4, 0.5) is 10.8 Å². The summed E-state index contributed by atoms with van der Waals surface area (Å²) in [6, 6.07) is 1.80. The van der Waals surface area contributed by atoms with Gasteiger partial charge in [0.05, 0.1) is 10.4 Å². The molecule has 0 saturated carbocycles. The van der Waals surface area contributed by atoms with E-state index in [1.54, 1.807) is 25.4 Å². The fraction of sp³-hybridized carbons (Fsp3) is 0.0909. The molecule has 8 heteroatoms. The molecule has 6 nitrogen and oxygen atoms in total. The Morgan fingerprint density at radius 3 is 3.00 bits per heavy atom. The predicted octanol–water partition coefficient (Wildman–Crippen LogP) is 2.29. The minimum Gasteiger partial charge on any atom is -0.397 e. The van der Waals surface area contributed by atoms with Crippen LogP contribution in [0, 0.1) is 6.92 Å². The Kier molecular flexibility index (Phi) is 2.88. The number of carbonyl (C=O) groups is 1. The molecule has 96 valence electrons. The highest BCUT2D eigenvalue weighted by Gasteiger charge is 2.17. The molecule has 0 spiro atoms. The summed E-state index contributed by atoms with van der Waals surface area (Å²) in [5.74, 6) is 0.365. The van der Waals surface area contributed by atoms with Gasteiger partial charge in [0, 0.05) is 29.3 Å². The molecule has 1 amide bonds. The number of fused-ring (bicyclic) bond motifs is 1. The molecule has 0 aliphatic carbocycles. The van der Waals surface area contributed by atoms with Gasteiger partial charge in [0.25, 0.3) is 5.91 Å². The lowest BCUT2D eigenvalue weighted by Crippen LogP contribution is -2.11. The van der Waals surface area contributed by atoms with Crippen molar-refractivity contribution in [3.05, 3.63) is 29.2 Å². The highest BCUT2D eigenvalue weighted by atomic mass is 32.1. The second-order valence-electron chi connectivity index (χ2n) is 3.82. The average molecular weight is 291 g/mol. The second kappa shape index (κ2) is 4.56. The zero-order valence-electron chi connectivity index (χ0n) is 9.88. The Bertz CT molecular complexity index is 763. The van der Waals surface area contributed by atoms with E-state index in [2.05, 4.69) is 19.7 Å². The van der Waals surface area contributed by atoms with Crippen molar-refractivity contribution < 1.29 is 4.79 Å². The van der Waals surface area contributed by atoms with Crippen LogP contribution in [0.3, 0.4) is 0 Å². The zero-order valence-corrected chi connectivity index (χ0v) is 11.5. The highest BCUT2D eigenvalue weighted by molar-refractivity contribution is 7.21. The number of pyridine rings is 1. The van der Waals surface area contributed by atoms with E-state index in [1.807, 2.05) is 0 Å². The first kappa shape index (κ1) is 12.0. The summed E-state index contributed by atoms with van der Waals surface area (Å²) in [4.78, 5) is 20.7. The first-order valence-electron chi connectivity index (χ1n) is 5.39. The number of nitrogen functional groups attached to an aromatic ring is 1. The summed E-state index contributed by atoms with van der Waals surface area (Å²) in [6.45, 7) is 1.77. The fourth-order valence-electron chi connectivity index (χ4n) is 1.64. The van der Waals surface area contributed by atoms with Crippen LogP contribution < -0.4 is 11.1 Å². The van der Waals surface area contributed by atoms with Crippen molar-refractivity contribution in [2.45, 2.75) is 6.92 Å². The molecule has 3 aromatic rings. The van der Waals surface area contributed by atoms with Crippen LogP contribution >= 0.6 is 22.9 Å². The van der Waals surface area contributed by atoms with Gasteiger partial charge < -0.3 is 5.73 Å². The molecule has 0 saturated heterocycles. The van der Waals surface area contributed by atoms with Crippen LogP contribution in [0.2, 0.25) is 0 Å². The lowest BCUT2D eigenvalue weighted by molar-refractivity contribution is 0.103. The molecular formula is C11H9N5OS2. The van der Waals surface area contributed by atoms with Gasteiger partial charge in [-0.05, 0) is 13.0 Å². The molecule has 0 atom stereocenters. The predicted molar refractivity (Wildman–Crippen MR) is 76.6 cm³/mol. The number of nitrogens with two attached hydrogens (primary N) is 1. The van der Waals surface area contributed by atoms with Gasteiger partial charge >= 0.3 is 0 Å². The number of nitrogens with zero attached hydrogens (tertiary/aromatic N) is 3. The third-order valence-electron chi connectivity index (χ3n) is 2.49. The maximum Gasteiger partial charge on any atom is 0.269 e. The molecule has 0 bridgehead atoms. The van der Waals surface area contributed by atoms with E-state index in [-0.39, 0.29) is 5.91 Å². The minimum atomic E-state index is -0.269. The van der Waals surface area contributed by atoms with Gasteiger partial charge in [-0.15, -0.1) is 11.3 Å². The normalized spacial score (nSPS) is 10.8. The Morgan fingerprint density at radius 1 is 1.47 bits per heavy atom. The van der Waals surface area contributed by atoms with Crippen molar-refractivity contribution in [3.8, 4) is 0 Å². The minimum absolute atomic E-state index is 0.269. The fourth-order valence-corrected chi connectivity index (χ4v) is 3.20. The lowest BCUT2D eigenvalue weighted by atomic mass is 10.2. The Labute approximate surface area is 116 Å². The number of carbonyl (C=O) groups excluding carboxylic acids is 1. The Hall–Kier alpha value is -2.06. The number of hydrogen-bond acceptors (Lipinski definition) is 7. The molecule has 3 heterocycles. The van der Waals surface area contributed by atoms with Gasteiger partial charge in [-0.1, -0.05) is 0 Å². The molecular weight excluding hydrogens is 282 g/mol.